The molecule has 0 N–H and O–H groups in total. The van der Waals surface area contributed by atoms with Gasteiger partial charge in [-0.1, -0.05) is 28.9 Å². The summed E-state index contributed by atoms with van der Waals surface area (Å²) in [7, 11) is 0. The zero-order valence-electron chi connectivity index (χ0n) is 9.77. The second-order valence-electron chi connectivity index (χ2n) is 4.80. The van der Waals surface area contributed by atoms with Gasteiger partial charge < -0.3 is 0 Å². The van der Waals surface area contributed by atoms with E-state index < -0.39 is 17.6 Å². The summed E-state index contributed by atoms with van der Waals surface area (Å²) in [4.78, 5) is 0.321. The molecule has 1 saturated carbocycles. The van der Waals surface area contributed by atoms with Crippen molar-refractivity contribution in [3.63, 3.8) is 0 Å². The highest BCUT2D eigenvalue weighted by atomic mass is 79.9. The highest BCUT2D eigenvalue weighted by molar-refractivity contribution is 9.09. The van der Waals surface area contributed by atoms with Crippen LogP contribution in [0.3, 0.4) is 0 Å². The van der Waals surface area contributed by atoms with Crippen LogP contribution in [0.4, 0.5) is 17.6 Å². The van der Waals surface area contributed by atoms with Crippen LogP contribution < -0.4 is 0 Å². The Labute approximate surface area is 112 Å². The van der Waals surface area contributed by atoms with Crippen molar-refractivity contribution in [2.75, 3.05) is 0 Å². The number of alkyl halides is 4. The molecule has 0 radical (unpaired) electrons. The van der Waals surface area contributed by atoms with Crippen LogP contribution >= 0.6 is 15.9 Å². The van der Waals surface area contributed by atoms with E-state index >= 15 is 0 Å². The van der Waals surface area contributed by atoms with Crippen LogP contribution in [0.1, 0.15) is 36.8 Å². The van der Waals surface area contributed by atoms with Gasteiger partial charge in [-0.05, 0) is 42.4 Å². The molecular weight excluding hydrogens is 312 g/mol. The van der Waals surface area contributed by atoms with Gasteiger partial charge >= 0.3 is 6.18 Å². The minimum absolute atomic E-state index is 0.0658. The van der Waals surface area contributed by atoms with Crippen molar-refractivity contribution >= 4 is 15.9 Å². The van der Waals surface area contributed by atoms with Gasteiger partial charge in [0.25, 0.3) is 0 Å². The summed E-state index contributed by atoms with van der Waals surface area (Å²) >= 11 is 3.52. The van der Waals surface area contributed by atoms with Crippen molar-refractivity contribution in [3.05, 3.63) is 35.1 Å². The maximum absolute atomic E-state index is 13.2. The maximum atomic E-state index is 13.2. The summed E-state index contributed by atoms with van der Waals surface area (Å²) in [6, 6.07) is 3.35. The van der Waals surface area contributed by atoms with E-state index in [9.17, 15) is 17.6 Å². The molecule has 0 saturated heterocycles. The van der Waals surface area contributed by atoms with Gasteiger partial charge in [0.05, 0.1) is 5.56 Å². The van der Waals surface area contributed by atoms with Crippen molar-refractivity contribution in [3.8, 4) is 0 Å². The Bertz CT molecular complexity index is 441. The molecule has 0 bridgehead atoms. The van der Waals surface area contributed by atoms with E-state index in [1.807, 2.05) is 6.92 Å². The van der Waals surface area contributed by atoms with Crippen molar-refractivity contribution in [2.24, 2.45) is 5.92 Å². The van der Waals surface area contributed by atoms with Gasteiger partial charge in [-0.25, -0.2) is 4.39 Å². The maximum Gasteiger partial charge on any atom is 0.419 e. The number of hydrogen-bond donors (Lipinski definition) is 0. The number of rotatable bonds is 1. The number of benzene rings is 1. The second kappa shape index (κ2) is 4.83. The summed E-state index contributed by atoms with van der Waals surface area (Å²) in [6.45, 7) is 2.01. The molecule has 1 aromatic carbocycles. The summed E-state index contributed by atoms with van der Waals surface area (Å²) in [6.07, 6.45) is -2.86. The Kier molecular flexibility index (Phi) is 3.72. The Hall–Kier alpha value is -0.580. The molecule has 0 amide bonds. The van der Waals surface area contributed by atoms with Crippen molar-refractivity contribution in [1.29, 1.82) is 0 Å². The Morgan fingerprint density at radius 1 is 1.22 bits per heavy atom. The van der Waals surface area contributed by atoms with E-state index in [0.717, 1.165) is 25.0 Å². The van der Waals surface area contributed by atoms with Gasteiger partial charge in [0.1, 0.15) is 5.82 Å². The van der Waals surface area contributed by atoms with Crippen molar-refractivity contribution in [1.82, 2.24) is 0 Å². The molecule has 0 heterocycles. The van der Waals surface area contributed by atoms with Crippen molar-refractivity contribution < 1.29 is 17.6 Å². The fourth-order valence-corrected chi connectivity index (χ4v) is 3.21. The van der Waals surface area contributed by atoms with E-state index in [4.69, 9.17) is 0 Å². The summed E-state index contributed by atoms with van der Waals surface area (Å²) in [5.74, 6) is -0.875. The molecule has 1 aliphatic rings. The topological polar surface area (TPSA) is 0 Å². The van der Waals surface area contributed by atoms with E-state index in [1.165, 1.54) is 6.07 Å². The molecule has 0 nitrogen and oxygen atoms in total. The third kappa shape index (κ3) is 2.56. The molecule has 1 aromatic rings. The van der Waals surface area contributed by atoms with Crippen LogP contribution in [-0.4, -0.2) is 4.83 Å². The smallest absolute Gasteiger partial charge is 0.206 e. The van der Waals surface area contributed by atoms with Crippen LogP contribution in [0.5, 0.6) is 0 Å². The molecule has 100 valence electrons. The van der Waals surface area contributed by atoms with Crippen LogP contribution in [0, 0.1) is 11.7 Å². The molecule has 5 heteroatoms. The lowest BCUT2D eigenvalue weighted by Crippen LogP contribution is -2.12. The number of hydrogen-bond acceptors (Lipinski definition) is 0. The molecule has 0 aromatic heterocycles. The normalized spacial score (nSPS) is 28.7. The van der Waals surface area contributed by atoms with Gasteiger partial charge in [0, 0.05) is 4.83 Å². The van der Waals surface area contributed by atoms with Crippen LogP contribution in [0.25, 0.3) is 0 Å². The monoisotopic (exact) mass is 324 g/mol. The lowest BCUT2D eigenvalue weighted by molar-refractivity contribution is -0.140. The third-order valence-electron chi connectivity index (χ3n) is 3.68. The predicted octanol–water partition coefficient (Wildman–Crippen LogP) is 5.12. The zero-order chi connectivity index (χ0) is 13.5. The molecule has 3 unspecified atom stereocenters. The quantitative estimate of drug-likeness (QED) is 0.496. The van der Waals surface area contributed by atoms with Gasteiger partial charge in [0.15, 0.2) is 0 Å². The first-order valence-corrected chi connectivity index (χ1v) is 6.73. The Morgan fingerprint density at radius 2 is 1.89 bits per heavy atom. The first-order chi connectivity index (χ1) is 8.30. The molecule has 1 aliphatic carbocycles. The van der Waals surface area contributed by atoms with E-state index in [1.54, 1.807) is 0 Å². The highest BCUT2D eigenvalue weighted by Gasteiger charge is 2.37. The molecule has 2 rings (SSSR count). The summed E-state index contributed by atoms with van der Waals surface area (Å²) < 4.78 is 51.1. The third-order valence-corrected chi connectivity index (χ3v) is 4.97. The summed E-state index contributed by atoms with van der Waals surface area (Å²) in [5, 5.41) is 0. The standard InChI is InChI=1S/C13H13BrF4/c1-7-9(3-4-11(7)14)8-2-5-12(15)10(6-8)13(16,17)18/h2,5-7,9,11H,3-4H2,1H3. The van der Waals surface area contributed by atoms with Gasteiger partial charge in [-0.15, -0.1) is 0 Å². The first kappa shape index (κ1) is 13.8. The fraction of sp³-hybridized carbons (Fsp3) is 0.538. The molecule has 1 fully saturated rings. The zero-order valence-corrected chi connectivity index (χ0v) is 11.4. The van der Waals surface area contributed by atoms with E-state index in [0.29, 0.717) is 10.4 Å². The molecule has 0 spiro atoms. The van der Waals surface area contributed by atoms with Crippen molar-refractivity contribution in [2.45, 2.75) is 36.7 Å². The minimum Gasteiger partial charge on any atom is -0.206 e. The van der Waals surface area contributed by atoms with Crippen LogP contribution in [0.2, 0.25) is 0 Å². The molecular formula is C13H13BrF4. The Morgan fingerprint density at radius 3 is 2.39 bits per heavy atom. The minimum atomic E-state index is -4.63. The SMILES string of the molecule is CC1C(Br)CCC1c1ccc(F)c(C(F)(F)F)c1. The Balaban J connectivity index is 2.36. The fourth-order valence-electron chi connectivity index (χ4n) is 2.58. The first-order valence-electron chi connectivity index (χ1n) is 5.81. The summed E-state index contributed by atoms with van der Waals surface area (Å²) in [5.41, 5.74) is -0.580. The average Bonchev–Trinajstić information content (AvgIpc) is 2.59. The van der Waals surface area contributed by atoms with E-state index in [2.05, 4.69) is 15.9 Å². The average molecular weight is 325 g/mol. The lowest BCUT2D eigenvalue weighted by atomic mass is 9.89. The van der Waals surface area contributed by atoms with Crippen LogP contribution in [0.15, 0.2) is 18.2 Å². The highest BCUT2D eigenvalue weighted by Crippen LogP contribution is 2.44. The molecule has 18 heavy (non-hydrogen) atoms. The molecule has 0 aliphatic heterocycles. The molecule has 3 atom stereocenters. The predicted molar refractivity (Wildman–Crippen MR) is 65.3 cm³/mol. The van der Waals surface area contributed by atoms with Gasteiger partial charge in [-0.3, -0.25) is 0 Å². The lowest BCUT2D eigenvalue weighted by Gasteiger charge is -2.19. The van der Waals surface area contributed by atoms with Gasteiger partial charge in [-0.2, -0.15) is 13.2 Å². The van der Waals surface area contributed by atoms with Crippen LogP contribution in [-0.2, 0) is 6.18 Å². The van der Waals surface area contributed by atoms with E-state index in [-0.39, 0.29) is 11.8 Å². The number of halogens is 5. The van der Waals surface area contributed by atoms with Gasteiger partial charge in [0.2, 0.25) is 0 Å². The largest absolute Gasteiger partial charge is 0.419 e. The second-order valence-corrected chi connectivity index (χ2v) is 5.97.